The lowest BCUT2D eigenvalue weighted by molar-refractivity contribution is 0.0240. The molecule has 1 saturated heterocycles. The Labute approximate surface area is 229 Å². The molecule has 204 valence electrons. The minimum absolute atomic E-state index is 0.0473. The average molecular weight is 528 g/mol. The highest BCUT2D eigenvalue weighted by Gasteiger charge is 2.27. The van der Waals surface area contributed by atoms with Crippen LogP contribution in [-0.4, -0.2) is 63.1 Å². The first kappa shape index (κ1) is 26.5. The quantitative estimate of drug-likeness (QED) is 0.324. The van der Waals surface area contributed by atoms with Crippen LogP contribution in [0.5, 0.6) is 0 Å². The number of rotatable bonds is 5. The summed E-state index contributed by atoms with van der Waals surface area (Å²) < 4.78 is 7.79. The first-order chi connectivity index (χ1) is 18.5. The molecule has 3 heterocycles. The molecule has 1 aliphatic heterocycles. The summed E-state index contributed by atoms with van der Waals surface area (Å²) >= 11 is 0. The van der Waals surface area contributed by atoms with Crippen LogP contribution < -0.4 is 4.90 Å². The second-order valence-electron chi connectivity index (χ2n) is 11.3. The Hall–Kier alpha value is -4.07. The zero-order valence-electron chi connectivity index (χ0n) is 23.7. The van der Waals surface area contributed by atoms with Gasteiger partial charge in [-0.15, -0.1) is 0 Å². The van der Waals surface area contributed by atoms with Crippen molar-refractivity contribution in [3.05, 3.63) is 70.9 Å². The van der Waals surface area contributed by atoms with Gasteiger partial charge in [0, 0.05) is 49.7 Å². The Morgan fingerprint density at radius 1 is 1.00 bits per heavy atom. The molecule has 39 heavy (non-hydrogen) atoms. The van der Waals surface area contributed by atoms with Gasteiger partial charge in [0.25, 0.3) is 0 Å². The first-order valence-corrected chi connectivity index (χ1v) is 13.5. The fraction of sp³-hybridized carbons (Fsp3) is 0.387. The van der Waals surface area contributed by atoms with Crippen LogP contribution in [0.4, 0.5) is 10.5 Å². The number of Topliss-reactive ketones (excluding diaryl/α,β-unsaturated/α-hetero) is 1. The van der Waals surface area contributed by atoms with Crippen molar-refractivity contribution in [2.24, 2.45) is 0 Å². The van der Waals surface area contributed by atoms with Gasteiger partial charge in [0.2, 0.25) is 0 Å². The first-order valence-electron chi connectivity index (χ1n) is 13.5. The van der Waals surface area contributed by atoms with Gasteiger partial charge < -0.3 is 24.1 Å². The van der Waals surface area contributed by atoms with Crippen molar-refractivity contribution in [2.75, 3.05) is 31.1 Å². The molecule has 0 spiro atoms. The molecule has 2 aromatic heterocycles. The fourth-order valence-corrected chi connectivity index (χ4v) is 5.40. The van der Waals surface area contributed by atoms with Crippen LogP contribution >= 0.6 is 0 Å². The summed E-state index contributed by atoms with van der Waals surface area (Å²) in [6.07, 6.45) is -0.260. The summed E-state index contributed by atoms with van der Waals surface area (Å²) in [5.74, 6) is 0.861. The zero-order valence-corrected chi connectivity index (χ0v) is 23.7. The topological polar surface area (TPSA) is 83.5 Å². The van der Waals surface area contributed by atoms with Gasteiger partial charge in [0.1, 0.15) is 5.60 Å². The minimum atomic E-state index is -0.505. The van der Waals surface area contributed by atoms with Gasteiger partial charge >= 0.3 is 6.09 Å². The molecule has 0 aliphatic carbocycles. The normalized spacial score (nSPS) is 14.2. The monoisotopic (exact) mass is 527 g/mol. The van der Waals surface area contributed by atoms with Crippen LogP contribution in [0, 0.1) is 13.8 Å². The maximum Gasteiger partial charge on any atom is 0.410 e. The number of hydrogen-bond acceptors (Lipinski definition) is 5. The van der Waals surface area contributed by atoms with Crippen molar-refractivity contribution >= 4 is 28.6 Å². The third-order valence-corrected chi connectivity index (χ3v) is 7.23. The van der Waals surface area contributed by atoms with Crippen LogP contribution in [0.1, 0.15) is 54.9 Å². The van der Waals surface area contributed by atoms with E-state index in [9.17, 15) is 9.59 Å². The Morgan fingerprint density at radius 2 is 1.69 bits per heavy atom. The van der Waals surface area contributed by atoms with Crippen molar-refractivity contribution < 1.29 is 14.3 Å². The van der Waals surface area contributed by atoms with Crippen LogP contribution in [0.15, 0.2) is 48.5 Å². The lowest BCUT2D eigenvalue weighted by Gasteiger charge is -2.36. The number of carbonyl (C=O) groups excluding carboxylic acids is 2. The third kappa shape index (κ3) is 5.41. The number of carbonyl (C=O) groups is 2. The third-order valence-electron chi connectivity index (χ3n) is 7.23. The summed E-state index contributed by atoms with van der Waals surface area (Å²) in [6.45, 7) is 14.5. The number of nitrogens with zero attached hydrogens (tertiary/aromatic N) is 4. The summed E-state index contributed by atoms with van der Waals surface area (Å²) in [5.41, 5.74) is 7.06. The summed E-state index contributed by atoms with van der Waals surface area (Å²) in [4.78, 5) is 37.4. The largest absolute Gasteiger partial charge is 0.444 e. The number of imidazole rings is 1. The standard InChI is InChI=1S/C31H37N5O3/c1-20-27(22(3)37)21(2)32-28(20)29-33-25-13-12-24(18-26(25)36(29)19-23-10-8-7-9-11-23)34-14-16-35(17-15-34)30(38)39-31(4,5)6/h7-13,18,32H,14-17,19H2,1-6H3. The summed E-state index contributed by atoms with van der Waals surface area (Å²) in [5, 5.41) is 0. The number of aryl methyl sites for hydroxylation is 1. The second-order valence-corrected chi connectivity index (χ2v) is 11.3. The van der Waals surface area contributed by atoms with Crippen molar-refractivity contribution in [1.29, 1.82) is 0 Å². The maximum absolute atomic E-state index is 12.5. The van der Waals surface area contributed by atoms with E-state index in [1.54, 1.807) is 11.8 Å². The molecule has 1 fully saturated rings. The molecule has 1 amide bonds. The molecule has 8 heteroatoms. The molecule has 0 radical (unpaired) electrons. The van der Waals surface area contributed by atoms with E-state index in [0.717, 1.165) is 58.1 Å². The number of ether oxygens (including phenoxy) is 1. The molecule has 2 aromatic carbocycles. The molecule has 0 bridgehead atoms. The summed E-state index contributed by atoms with van der Waals surface area (Å²) in [6, 6.07) is 16.7. The lowest BCUT2D eigenvalue weighted by Crippen LogP contribution is -2.50. The van der Waals surface area contributed by atoms with Gasteiger partial charge in [-0.2, -0.15) is 0 Å². The zero-order chi connectivity index (χ0) is 27.9. The van der Waals surface area contributed by atoms with Crippen molar-refractivity contribution in [3.8, 4) is 11.5 Å². The Morgan fingerprint density at radius 3 is 2.31 bits per heavy atom. The second kappa shape index (κ2) is 10.2. The SMILES string of the molecule is CC(=O)c1c(C)[nH]c(-c2nc3ccc(N4CCN(C(=O)OC(C)(C)C)CC4)cc3n2Cc2ccccc2)c1C. The Bertz CT molecular complexity index is 1520. The smallest absolute Gasteiger partial charge is 0.410 e. The van der Waals surface area contributed by atoms with E-state index in [-0.39, 0.29) is 11.9 Å². The number of nitrogens with one attached hydrogen (secondary N) is 1. The van der Waals surface area contributed by atoms with Crippen molar-refractivity contribution in [1.82, 2.24) is 19.4 Å². The Balaban J connectivity index is 1.50. The number of anilines is 1. The number of benzene rings is 2. The van der Waals surface area contributed by atoms with Crippen LogP contribution in [-0.2, 0) is 11.3 Å². The van der Waals surface area contributed by atoms with E-state index in [1.165, 1.54) is 5.56 Å². The average Bonchev–Trinajstić information content (AvgIpc) is 3.39. The molecule has 8 nitrogen and oxygen atoms in total. The minimum Gasteiger partial charge on any atom is -0.444 e. The number of hydrogen-bond donors (Lipinski definition) is 1. The molecule has 0 saturated carbocycles. The number of ketones is 1. The van der Waals surface area contributed by atoms with E-state index >= 15 is 0 Å². The van der Waals surface area contributed by atoms with Gasteiger partial charge in [-0.25, -0.2) is 9.78 Å². The number of H-pyrrole nitrogens is 1. The Kier molecular flexibility index (Phi) is 6.97. The molecular weight excluding hydrogens is 490 g/mol. The highest BCUT2D eigenvalue weighted by atomic mass is 16.6. The van der Waals surface area contributed by atoms with Crippen molar-refractivity contribution in [3.63, 3.8) is 0 Å². The number of aromatic nitrogens is 3. The van der Waals surface area contributed by atoms with Crippen molar-refractivity contribution in [2.45, 2.75) is 53.7 Å². The van der Waals surface area contributed by atoms with E-state index < -0.39 is 5.60 Å². The number of piperazine rings is 1. The van der Waals surface area contributed by atoms with Gasteiger partial charge in [-0.1, -0.05) is 30.3 Å². The molecule has 0 atom stereocenters. The summed E-state index contributed by atoms with van der Waals surface area (Å²) in [7, 11) is 0. The highest BCUT2D eigenvalue weighted by molar-refractivity contribution is 5.98. The predicted octanol–water partition coefficient (Wildman–Crippen LogP) is 5.96. The predicted molar refractivity (Wildman–Crippen MR) is 155 cm³/mol. The van der Waals surface area contributed by atoms with Gasteiger partial charge in [0.15, 0.2) is 11.6 Å². The maximum atomic E-state index is 12.5. The highest BCUT2D eigenvalue weighted by Crippen LogP contribution is 2.33. The van der Waals surface area contributed by atoms with E-state index in [0.29, 0.717) is 19.6 Å². The van der Waals surface area contributed by atoms with E-state index in [1.807, 2.05) is 52.8 Å². The molecule has 5 rings (SSSR count). The molecular formula is C31H37N5O3. The van der Waals surface area contributed by atoms with E-state index in [2.05, 4.69) is 44.8 Å². The fourth-order valence-electron chi connectivity index (χ4n) is 5.40. The lowest BCUT2D eigenvalue weighted by atomic mass is 10.1. The molecule has 1 N–H and O–H groups in total. The molecule has 1 aliphatic rings. The van der Waals surface area contributed by atoms with E-state index in [4.69, 9.17) is 9.72 Å². The van der Waals surface area contributed by atoms with Gasteiger partial charge in [-0.05, 0) is 70.9 Å². The van der Waals surface area contributed by atoms with Crippen LogP contribution in [0.3, 0.4) is 0 Å². The van der Waals surface area contributed by atoms with Gasteiger partial charge in [0.05, 0.1) is 16.7 Å². The number of fused-ring (bicyclic) bond motifs is 1. The molecule has 0 unspecified atom stereocenters. The van der Waals surface area contributed by atoms with Crippen LogP contribution in [0.25, 0.3) is 22.6 Å². The number of aromatic amines is 1. The number of amides is 1. The van der Waals surface area contributed by atoms with Crippen LogP contribution in [0.2, 0.25) is 0 Å². The molecule has 4 aromatic rings. The van der Waals surface area contributed by atoms with Gasteiger partial charge in [-0.3, -0.25) is 4.79 Å².